The highest BCUT2D eigenvalue weighted by Gasteiger charge is 2.48. The average Bonchev–Trinajstić information content (AvgIpc) is 2.75. The number of anilines is 1. The van der Waals surface area contributed by atoms with E-state index >= 15 is 4.39 Å². The first kappa shape index (κ1) is 25.2. The minimum Gasteiger partial charge on any atom is -0.374 e. The molecule has 0 aliphatic carbocycles. The monoisotopic (exact) mass is 499 g/mol. The lowest BCUT2D eigenvalue weighted by atomic mass is 9.88. The molecule has 0 radical (unpaired) electrons. The number of halogens is 3. The Morgan fingerprint density at radius 3 is 2.64 bits per heavy atom. The van der Waals surface area contributed by atoms with Crippen LogP contribution in [-0.2, 0) is 14.6 Å². The van der Waals surface area contributed by atoms with E-state index in [-0.39, 0.29) is 53.4 Å². The van der Waals surface area contributed by atoms with Gasteiger partial charge in [0.25, 0.3) is 0 Å². The minimum atomic E-state index is -3.22. The van der Waals surface area contributed by atoms with Crippen LogP contribution in [0.15, 0.2) is 42.1 Å². The molecule has 0 unspecified atom stereocenters. The first-order valence-electron chi connectivity index (χ1n) is 10.2. The van der Waals surface area contributed by atoms with Gasteiger partial charge in [-0.15, -0.1) is 0 Å². The summed E-state index contributed by atoms with van der Waals surface area (Å²) in [5.74, 6) is -0.852. The maximum Gasteiger partial charge on any atom is 0.182 e. The Hall–Kier alpha value is -2.43. The Morgan fingerprint density at radius 2 is 2.06 bits per heavy atom. The van der Waals surface area contributed by atoms with Crippen molar-refractivity contribution in [1.82, 2.24) is 9.97 Å². The van der Waals surface area contributed by atoms with Gasteiger partial charge in [0.05, 0.1) is 36.7 Å². The van der Waals surface area contributed by atoms with Crippen molar-refractivity contribution in [3.05, 3.63) is 64.2 Å². The summed E-state index contributed by atoms with van der Waals surface area (Å²) in [5.41, 5.74) is -1.47. The van der Waals surface area contributed by atoms with E-state index in [2.05, 4.69) is 15.3 Å². The fourth-order valence-corrected chi connectivity index (χ4v) is 4.04. The third-order valence-corrected chi connectivity index (χ3v) is 6.25. The van der Waals surface area contributed by atoms with Crippen LogP contribution in [-0.4, -0.2) is 49.3 Å². The number of Topliss-reactive ketones (excluding diaryl/α,β-unsaturated/α-hetero) is 1. The third kappa shape index (κ3) is 6.55. The van der Waals surface area contributed by atoms with Crippen molar-refractivity contribution in [3.8, 4) is 0 Å². The van der Waals surface area contributed by atoms with E-state index in [1.54, 1.807) is 0 Å². The number of sulfone groups is 1. The predicted molar refractivity (Wildman–Crippen MR) is 121 cm³/mol. The summed E-state index contributed by atoms with van der Waals surface area (Å²) >= 11 is 6.07. The van der Waals surface area contributed by atoms with Gasteiger partial charge in [0.2, 0.25) is 0 Å². The van der Waals surface area contributed by atoms with Crippen molar-refractivity contribution >= 4 is 33.0 Å². The van der Waals surface area contributed by atoms with Gasteiger partial charge in [0, 0.05) is 18.1 Å². The summed E-state index contributed by atoms with van der Waals surface area (Å²) in [6.45, 7) is 1.43. The van der Waals surface area contributed by atoms with Gasteiger partial charge < -0.3 is 10.1 Å². The van der Waals surface area contributed by atoms with Crippen molar-refractivity contribution in [2.45, 2.75) is 31.5 Å². The minimum absolute atomic E-state index is 0.111. The number of rotatable bonds is 10. The fraction of sp³-hybridized carbons (Fsp3) is 0.409. The molecule has 7 nitrogen and oxygen atoms in total. The first-order valence-corrected chi connectivity index (χ1v) is 12.5. The van der Waals surface area contributed by atoms with Gasteiger partial charge >= 0.3 is 0 Å². The Bertz CT molecular complexity index is 1140. The lowest BCUT2D eigenvalue weighted by Crippen LogP contribution is -2.52. The highest BCUT2D eigenvalue weighted by molar-refractivity contribution is 7.93. The normalized spacial score (nSPS) is 17.4. The van der Waals surface area contributed by atoms with Gasteiger partial charge in [-0.2, -0.15) is 0 Å². The molecule has 0 bridgehead atoms. The maximum atomic E-state index is 15.3. The molecule has 1 N–H and O–H groups in total. The van der Waals surface area contributed by atoms with E-state index in [4.69, 9.17) is 16.3 Å². The molecule has 0 saturated carbocycles. The molecule has 3 rings (SSSR count). The van der Waals surface area contributed by atoms with Gasteiger partial charge in [-0.25, -0.2) is 27.2 Å². The predicted octanol–water partition coefficient (Wildman–Crippen LogP) is 4.32. The van der Waals surface area contributed by atoms with Crippen LogP contribution in [0.1, 0.15) is 41.9 Å². The number of nitrogens with zero attached hydrogens (tertiary/aromatic N) is 2. The van der Waals surface area contributed by atoms with Crippen LogP contribution in [0.4, 0.5) is 14.6 Å². The van der Waals surface area contributed by atoms with E-state index in [9.17, 15) is 17.6 Å². The van der Waals surface area contributed by atoms with E-state index in [0.29, 0.717) is 6.42 Å². The largest absolute Gasteiger partial charge is 0.374 e. The molecule has 11 heteroatoms. The molecule has 1 fully saturated rings. The maximum absolute atomic E-state index is 15.3. The Labute approximate surface area is 196 Å². The molecule has 1 aliphatic heterocycles. The lowest BCUT2D eigenvalue weighted by molar-refractivity contribution is -0.139. The molecule has 1 aromatic carbocycles. The van der Waals surface area contributed by atoms with Crippen LogP contribution in [0.2, 0.25) is 5.02 Å². The standard InChI is InChI=1S/C22H24ClF2N3O4S/c1-14(8-9-33(2,30)31)6-7-18(29)17-10-27-19(11-26-17)28-21(22(25)12-32-13-22)15-4-3-5-16(24)20(15)23/h3-5,8-11,14,21H,6-7,12-13H2,1-2H3,(H,27,28)/b9-8+/t14-,21+/m0/s1. The number of ether oxygens (including phenoxy) is 1. The van der Waals surface area contributed by atoms with E-state index in [0.717, 1.165) is 11.7 Å². The molecule has 178 valence electrons. The van der Waals surface area contributed by atoms with Crippen molar-refractivity contribution in [2.24, 2.45) is 5.92 Å². The molecule has 2 aromatic rings. The second-order valence-corrected chi connectivity index (χ2v) is 10.4. The zero-order chi connectivity index (χ0) is 24.2. The van der Waals surface area contributed by atoms with Crippen molar-refractivity contribution in [2.75, 3.05) is 24.8 Å². The van der Waals surface area contributed by atoms with Gasteiger partial charge in [-0.05, 0) is 24.0 Å². The van der Waals surface area contributed by atoms with Gasteiger partial charge in [-0.1, -0.05) is 36.7 Å². The summed E-state index contributed by atoms with van der Waals surface area (Å²) < 4.78 is 56.6. The van der Waals surface area contributed by atoms with E-state index in [1.807, 2.05) is 6.92 Å². The molecule has 2 heterocycles. The third-order valence-electron chi connectivity index (χ3n) is 5.20. The van der Waals surface area contributed by atoms with Crippen LogP contribution < -0.4 is 5.32 Å². The smallest absolute Gasteiger partial charge is 0.182 e. The molecule has 33 heavy (non-hydrogen) atoms. The van der Waals surface area contributed by atoms with Crippen LogP contribution in [0, 0.1) is 11.7 Å². The number of hydrogen-bond acceptors (Lipinski definition) is 7. The quantitative estimate of drug-likeness (QED) is 0.486. The van der Waals surface area contributed by atoms with E-state index < -0.39 is 27.4 Å². The Balaban J connectivity index is 1.69. The fourth-order valence-electron chi connectivity index (χ4n) is 3.25. The highest BCUT2D eigenvalue weighted by atomic mass is 35.5. The summed E-state index contributed by atoms with van der Waals surface area (Å²) in [6, 6.07) is 3.11. The first-order chi connectivity index (χ1) is 15.5. The van der Waals surface area contributed by atoms with E-state index in [1.165, 1.54) is 36.7 Å². The Kier molecular flexibility index (Phi) is 7.81. The van der Waals surface area contributed by atoms with Crippen molar-refractivity contribution in [1.29, 1.82) is 0 Å². The summed E-state index contributed by atoms with van der Waals surface area (Å²) in [7, 11) is -3.22. The second kappa shape index (κ2) is 10.2. The topological polar surface area (TPSA) is 98.2 Å². The van der Waals surface area contributed by atoms with Gasteiger partial charge in [0.1, 0.15) is 17.3 Å². The molecule has 2 atom stereocenters. The number of allylic oxidation sites excluding steroid dienone is 1. The zero-order valence-electron chi connectivity index (χ0n) is 18.1. The molecule has 0 spiro atoms. The number of benzene rings is 1. The molecular weight excluding hydrogens is 476 g/mol. The number of aromatic nitrogens is 2. The SMILES string of the molecule is C[C@H](/C=C/S(C)(=O)=O)CCC(=O)c1cnc(N[C@H](c2cccc(F)c2Cl)C2(F)COC2)cn1. The number of ketones is 1. The van der Waals surface area contributed by atoms with Gasteiger partial charge in [0.15, 0.2) is 21.3 Å². The van der Waals surface area contributed by atoms with Crippen LogP contribution in [0.3, 0.4) is 0 Å². The van der Waals surface area contributed by atoms with Gasteiger partial charge in [-0.3, -0.25) is 4.79 Å². The second-order valence-electron chi connectivity index (χ2n) is 8.13. The molecule has 1 saturated heterocycles. The number of carbonyl (C=O) groups excluding carboxylic acids is 1. The highest BCUT2D eigenvalue weighted by Crippen LogP contribution is 2.41. The van der Waals surface area contributed by atoms with Crippen molar-refractivity contribution in [3.63, 3.8) is 0 Å². The zero-order valence-corrected chi connectivity index (χ0v) is 19.7. The average molecular weight is 500 g/mol. The number of carbonyl (C=O) groups is 1. The number of hydrogen-bond donors (Lipinski definition) is 1. The number of alkyl halides is 1. The lowest BCUT2D eigenvalue weighted by Gasteiger charge is -2.41. The van der Waals surface area contributed by atoms with Crippen LogP contribution in [0.25, 0.3) is 0 Å². The van der Waals surface area contributed by atoms with Crippen LogP contribution >= 0.6 is 11.6 Å². The Morgan fingerprint density at radius 1 is 1.33 bits per heavy atom. The summed E-state index contributed by atoms with van der Waals surface area (Å²) in [5, 5.41) is 3.82. The van der Waals surface area contributed by atoms with Crippen molar-refractivity contribution < 1.29 is 26.7 Å². The molecular formula is C22H24ClF2N3O4S. The summed E-state index contributed by atoms with van der Waals surface area (Å²) in [4.78, 5) is 20.7. The number of nitrogens with one attached hydrogen (secondary N) is 1. The summed E-state index contributed by atoms with van der Waals surface area (Å²) in [6.07, 6.45) is 5.80. The van der Waals surface area contributed by atoms with Crippen LogP contribution in [0.5, 0.6) is 0 Å². The molecule has 0 amide bonds. The molecule has 1 aromatic heterocycles. The molecule has 1 aliphatic rings.